The summed E-state index contributed by atoms with van der Waals surface area (Å²) in [6.45, 7) is 1.96. The highest BCUT2D eigenvalue weighted by atomic mass is 32.1. The summed E-state index contributed by atoms with van der Waals surface area (Å²) in [5, 5.41) is 4.39. The van der Waals surface area contributed by atoms with Crippen LogP contribution in [0.5, 0.6) is 0 Å². The Morgan fingerprint density at radius 2 is 2.09 bits per heavy atom. The van der Waals surface area contributed by atoms with Crippen molar-refractivity contribution >= 4 is 11.3 Å². The molecule has 0 unspecified atom stereocenters. The number of fused-ring (bicyclic) bond motifs is 1. The summed E-state index contributed by atoms with van der Waals surface area (Å²) < 4.78 is 0. The van der Waals surface area contributed by atoms with Crippen molar-refractivity contribution in [3.05, 3.63) is 16.1 Å². The average Bonchev–Trinajstić information content (AvgIpc) is 2.36. The van der Waals surface area contributed by atoms with Gasteiger partial charge in [-0.2, -0.15) is 0 Å². The molecule has 0 radical (unpaired) electrons. The molecular formula is C7H11N3S. The maximum absolute atomic E-state index is 4.29. The molecule has 0 saturated carbocycles. The van der Waals surface area contributed by atoms with E-state index in [0.717, 1.165) is 13.1 Å². The topological polar surface area (TPSA) is 19.4 Å². The molecule has 0 bridgehead atoms. The van der Waals surface area contributed by atoms with Crippen molar-refractivity contribution in [2.24, 2.45) is 0 Å². The Balaban J connectivity index is 2.30. The highest BCUT2D eigenvalue weighted by Crippen LogP contribution is 2.21. The lowest BCUT2D eigenvalue weighted by atomic mass is 10.3. The van der Waals surface area contributed by atoms with E-state index in [0.29, 0.717) is 0 Å². The van der Waals surface area contributed by atoms with Crippen molar-refractivity contribution in [2.75, 3.05) is 14.1 Å². The highest BCUT2D eigenvalue weighted by Gasteiger charge is 2.19. The van der Waals surface area contributed by atoms with E-state index in [-0.39, 0.29) is 0 Å². The second kappa shape index (κ2) is 2.55. The second-order valence-corrected chi connectivity index (χ2v) is 3.79. The molecule has 0 saturated heterocycles. The van der Waals surface area contributed by atoms with E-state index in [9.17, 15) is 0 Å². The second-order valence-electron chi connectivity index (χ2n) is 2.85. The van der Waals surface area contributed by atoms with Gasteiger partial charge in [-0.05, 0) is 0 Å². The van der Waals surface area contributed by atoms with Gasteiger partial charge in [-0.25, -0.2) is 15.0 Å². The average molecular weight is 169 g/mol. The summed E-state index contributed by atoms with van der Waals surface area (Å²) in [4.78, 5) is 5.70. The molecule has 11 heavy (non-hydrogen) atoms. The van der Waals surface area contributed by atoms with Gasteiger partial charge in [-0.3, -0.25) is 0 Å². The molecule has 1 aromatic heterocycles. The van der Waals surface area contributed by atoms with Gasteiger partial charge in [0, 0.05) is 25.5 Å². The van der Waals surface area contributed by atoms with Crippen LogP contribution in [0.2, 0.25) is 0 Å². The van der Waals surface area contributed by atoms with Gasteiger partial charge >= 0.3 is 0 Å². The fourth-order valence-electron chi connectivity index (χ4n) is 1.22. The van der Waals surface area contributed by atoms with E-state index in [1.165, 1.54) is 10.6 Å². The Kier molecular flexibility index (Phi) is 1.67. The van der Waals surface area contributed by atoms with Crippen LogP contribution in [0.1, 0.15) is 10.6 Å². The van der Waals surface area contributed by atoms with E-state index < -0.39 is 0 Å². The molecule has 1 aliphatic heterocycles. The lowest BCUT2D eigenvalue weighted by Crippen LogP contribution is -2.39. The molecule has 0 amide bonds. The standard InChI is InChI=1S/C7H11N3S/c1-9-3-6-7(4-10(9)2)11-5-8-6/h5H,3-4H2,1-2H3. The van der Waals surface area contributed by atoms with Gasteiger partial charge in [0.1, 0.15) is 0 Å². The SMILES string of the molecule is CN1Cc2ncsc2CN1C. The van der Waals surface area contributed by atoms with Crippen molar-refractivity contribution in [2.45, 2.75) is 13.1 Å². The van der Waals surface area contributed by atoms with Crippen molar-refractivity contribution in [3.63, 3.8) is 0 Å². The van der Waals surface area contributed by atoms with E-state index in [2.05, 4.69) is 29.1 Å². The lowest BCUT2D eigenvalue weighted by molar-refractivity contribution is -0.00168. The largest absolute Gasteiger partial charge is 0.248 e. The van der Waals surface area contributed by atoms with Crippen LogP contribution in [-0.2, 0) is 13.1 Å². The molecule has 0 aromatic carbocycles. The van der Waals surface area contributed by atoms with Crippen LogP contribution in [0.15, 0.2) is 5.51 Å². The zero-order valence-electron chi connectivity index (χ0n) is 6.74. The quantitative estimate of drug-likeness (QED) is 0.576. The van der Waals surface area contributed by atoms with Gasteiger partial charge in [0.2, 0.25) is 0 Å². The molecule has 0 atom stereocenters. The van der Waals surface area contributed by atoms with Crippen LogP contribution in [0.4, 0.5) is 0 Å². The molecule has 60 valence electrons. The number of nitrogens with zero attached hydrogens (tertiary/aromatic N) is 3. The molecule has 0 fully saturated rings. The molecule has 0 N–H and O–H groups in total. The van der Waals surface area contributed by atoms with E-state index in [1.54, 1.807) is 11.3 Å². The van der Waals surface area contributed by atoms with Crippen LogP contribution in [0, 0.1) is 0 Å². The first-order valence-corrected chi connectivity index (χ1v) is 4.49. The van der Waals surface area contributed by atoms with Crippen LogP contribution in [-0.4, -0.2) is 29.1 Å². The zero-order chi connectivity index (χ0) is 7.84. The van der Waals surface area contributed by atoms with Crippen LogP contribution < -0.4 is 0 Å². The van der Waals surface area contributed by atoms with Crippen molar-refractivity contribution < 1.29 is 0 Å². The molecular weight excluding hydrogens is 158 g/mol. The van der Waals surface area contributed by atoms with E-state index in [1.807, 2.05) is 5.51 Å². The Labute approximate surface area is 70.2 Å². The van der Waals surface area contributed by atoms with Gasteiger partial charge in [0.15, 0.2) is 0 Å². The number of hydrogen-bond donors (Lipinski definition) is 0. The van der Waals surface area contributed by atoms with Gasteiger partial charge in [0.25, 0.3) is 0 Å². The highest BCUT2D eigenvalue weighted by molar-refractivity contribution is 7.09. The van der Waals surface area contributed by atoms with Crippen LogP contribution in [0.25, 0.3) is 0 Å². The van der Waals surface area contributed by atoms with Gasteiger partial charge in [-0.1, -0.05) is 0 Å². The third kappa shape index (κ3) is 1.17. The molecule has 2 rings (SSSR count). The summed E-state index contributed by atoms with van der Waals surface area (Å²) in [5.74, 6) is 0. The lowest BCUT2D eigenvalue weighted by Gasteiger charge is -2.31. The molecule has 0 aliphatic carbocycles. The van der Waals surface area contributed by atoms with Crippen molar-refractivity contribution in [3.8, 4) is 0 Å². The third-order valence-electron chi connectivity index (χ3n) is 2.06. The van der Waals surface area contributed by atoms with Gasteiger partial charge in [0.05, 0.1) is 17.7 Å². The number of hydrazine groups is 1. The number of hydrogen-bond acceptors (Lipinski definition) is 4. The maximum atomic E-state index is 4.29. The Bertz CT molecular complexity index is 233. The minimum Gasteiger partial charge on any atom is -0.248 e. The number of thiazole rings is 1. The minimum absolute atomic E-state index is 0.954. The normalized spacial score (nSPS) is 20.2. The molecule has 0 spiro atoms. The first-order chi connectivity index (χ1) is 5.27. The summed E-state index contributed by atoms with van der Waals surface area (Å²) in [7, 11) is 4.19. The summed E-state index contributed by atoms with van der Waals surface area (Å²) in [5.41, 5.74) is 3.17. The fraction of sp³-hybridized carbons (Fsp3) is 0.571. The van der Waals surface area contributed by atoms with E-state index in [4.69, 9.17) is 0 Å². The fourth-order valence-corrected chi connectivity index (χ4v) is 2.04. The Hall–Kier alpha value is -0.450. The number of rotatable bonds is 0. The van der Waals surface area contributed by atoms with Crippen LogP contribution >= 0.6 is 11.3 Å². The molecule has 2 heterocycles. The number of aromatic nitrogens is 1. The monoisotopic (exact) mass is 169 g/mol. The summed E-state index contributed by atoms with van der Waals surface area (Å²) in [6.07, 6.45) is 0. The summed E-state index contributed by atoms with van der Waals surface area (Å²) >= 11 is 1.75. The molecule has 1 aromatic rings. The predicted molar refractivity (Wildman–Crippen MR) is 45.0 cm³/mol. The molecule has 3 nitrogen and oxygen atoms in total. The first kappa shape index (κ1) is 7.21. The van der Waals surface area contributed by atoms with E-state index >= 15 is 0 Å². The van der Waals surface area contributed by atoms with Crippen LogP contribution in [0.3, 0.4) is 0 Å². The summed E-state index contributed by atoms with van der Waals surface area (Å²) in [6, 6.07) is 0. The zero-order valence-corrected chi connectivity index (χ0v) is 7.56. The Morgan fingerprint density at radius 1 is 1.36 bits per heavy atom. The maximum Gasteiger partial charge on any atom is 0.0798 e. The minimum atomic E-state index is 0.954. The van der Waals surface area contributed by atoms with Crippen molar-refractivity contribution in [1.29, 1.82) is 0 Å². The smallest absolute Gasteiger partial charge is 0.0798 e. The van der Waals surface area contributed by atoms with Gasteiger partial charge < -0.3 is 0 Å². The third-order valence-corrected chi connectivity index (χ3v) is 2.92. The Morgan fingerprint density at radius 3 is 2.91 bits per heavy atom. The first-order valence-electron chi connectivity index (χ1n) is 3.61. The van der Waals surface area contributed by atoms with Gasteiger partial charge in [-0.15, -0.1) is 11.3 Å². The predicted octanol–water partition coefficient (Wildman–Crippen LogP) is 0.935. The molecule has 1 aliphatic rings. The van der Waals surface area contributed by atoms with Crippen molar-refractivity contribution in [1.82, 2.24) is 15.0 Å². The molecule has 4 heteroatoms.